The summed E-state index contributed by atoms with van der Waals surface area (Å²) in [5.41, 5.74) is 2.20. The number of thioether (sulfide) groups is 1. The highest BCUT2D eigenvalue weighted by Crippen LogP contribution is 2.31. The molecule has 3 N–H and O–H groups in total. The average molecular weight is 324 g/mol. The number of carbonyl (C=O) groups excluding carboxylic acids is 1. The third-order valence-corrected chi connectivity index (χ3v) is 4.70. The quantitative estimate of drug-likeness (QED) is 0.782. The van der Waals surface area contributed by atoms with Crippen LogP contribution in [0, 0.1) is 13.8 Å². The third kappa shape index (κ3) is 3.01. The fourth-order valence-corrected chi connectivity index (χ4v) is 3.53. The Morgan fingerprint density at radius 3 is 2.27 bits per heavy atom. The minimum atomic E-state index is -1.23. The lowest BCUT2D eigenvalue weighted by molar-refractivity contribution is -0.143. The number of hydrogen-bond acceptors (Lipinski definition) is 4. The van der Waals surface area contributed by atoms with Crippen LogP contribution in [0.3, 0.4) is 0 Å². The van der Waals surface area contributed by atoms with Crippen LogP contribution in [-0.4, -0.2) is 50.3 Å². The lowest BCUT2D eigenvalue weighted by Crippen LogP contribution is -2.50. The molecule has 1 aliphatic rings. The van der Waals surface area contributed by atoms with Crippen LogP contribution < -0.4 is 5.32 Å². The SMILES string of the molecule is Cc1cccc(C)c1NC(=O)N1[C@@H](C(=O)O)CS[C@H]1C(=O)O. The third-order valence-electron chi connectivity index (χ3n) is 3.44. The Kier molecular flexibility index (Phi) is 4.60. The lowest BCUT2D eigenvalue weighted by Gasteiger charge is -2.25. The molecule has 1 fully saturated rings. The predicted octanol–water partition coefficient (Wildman–Crippen LogP) is 1.75. The molecular weight excluding hydrogens is 308 g/mol. The summed E-state index contributed by atoms with van der Waals surface area (Å²) in [6.07, 6.45) is 0. The monoisotopic (exact) mass is 324 g/mol. The van der Waals surface area contributed by atoms with Crippen molar-refractivity contribution in [3.8, 4) is 0 Å². The van der Waals surface area contributed by atoms with Crippen molar-refractivity contribution in [3.05, 3.63) is 29.3 Å². The molecule has 7 nitrogen and oxygen atoms in total. The first-order valence-electron chi connectivity index (χ1n) is 6.55. The number of amides is 2. The van der Waals surface area contributed by atoms with Gasteiger partial charge in [0.15, 0.2) is 5.37 Å². The summed E-state index contributed by atoms with van der Waals surface area (Å²) >= 11 is 0.927. The fourth-order valence-electron chi connectivity index (χ4n) is 2.32. The van der Waals surface area contributed by atoms with Crippen molar-refractivity contribution in [3.63, 3.8) is 0 Å². The van der Waals surface area contributed by atoms with E-state index < -0.39 is 29.4 Å². The summed E-state index contributed by atoms with van der Waals surface area (Å²) in [6, 6.07) is 3.58. The molecule has 0 saturated carbocycles. The van der Waals surface area contributed by atoms with E-state index in [1.807, 2.05) is 32.0 Å². The lowest BCUT2D eigenvalue weighted by atomic mass is 10.1. The predicted molar refractivity (Wildman–Crippen MR) is 82.1 cm³/mol. The van der Waals surface area contributed by atoms with E-state index in [-0.39, 0.29) is 5.75 Å². The first-order chi connectivity index (χ1) is 10.3. The van der Waals surface area contributed by atoms with Crippen LogP contribution in [0.2, 0.25) is 0 Å². The first-order valence-corrected chi connectivity index (χ1v) is 7.60. The summed E-state index contributed by atoms with van der Waals surface area (Å²) in [5, 5.41) is 19.8. The maximum absolute atomic E-state index is 12.4. The molecule has 0 unspecified atom stereocenters. The summed E-state index contributed by atoms with van der Waals surface area (Å²) in [4.78, 5) is 35.8. The minimum Gasteiger partial charge on any atom is -0.480 e. The van der Waals surface area contributed by atoms with Gasteiger partial charge in [0.1, 0.15) is 6.04 Å². The van der Waals surface area contributed by atoms with Crippen LogP contribution in [0.25, 0.3) is 0 Å². The van der Waals surface area contributed by atoms with Gasteiger partial charge in [-0.3, -0.25) is 4.90 Å². The molecule has 22 heavy (non-hydrogen) atoms. The van der Waals surface area contributed by atoms with Gasteiger partial charge in [-0.2, -0.15) is 0 Å². The van der Waals surface area contributed by atoms with E-state index in [1.165, 1.54) is 0 Å². The van der Waals surface area contributed by atoms with Gasteiger partial charge in [0.25, 0.3) is 0 Å². The Hall–Kier alpha value is -2.22. The number of aryl methyl sites for hydroxylation is 2. The summed E-state index contributed by atoms with van der Waals surface area (Å²) < 4.78 is 0. The average Bonchev–Trinajstić information content (AvgIpc) is 2.88. The number of hydrogen-bond donors (Lipinski definition) is 3. The van der Waals surface area contributed by atoms with E-state index in [1.54, 1.807) is 0 Å². The molecule has 0 bridgehead atoms. The summed E-state index contributed by atoms with van der Waals surface area (Å²) in [6.45, 7) is 3.62. The van der Waals surface area contributed by atoms with E-state index in [0.717, 1.165) is 27.8 Å². The van der Waals surface area contributed by atoms with Crippen molar-refractivity contribution in [1.82, 2.24) is 4.90 Å². The van der Waals surface area contributed by atoms with Crippen LogP contribution in [0.1, 0.15) is 11.1 Å². The number of para-hydroxylation sites is 1. The van der Waals surface area contributed by atoms with Crippen LogP contribution >= 0.6 is 11.8 Å². The summed E-state index contributed by atoms with van der Waals surface area (Å²) in [7, 11) is 0. The van der Waals surface area contributed by atoms with Crippen molar-refractivity contribution >= 4 is 35.4 Å². The Morgan fingerprint density at radius 1 is 1.18 bits per heavy atom. The highest BCUT2D eigenvalue weighted by atomic mass is 32.2. The highest BCUT2D eigenvalue weighted by molar-refractivity contribution is 8.00. The molecule has 1 aromatic rings. The Bertz CT molecular complexity index is 591. The number of aliphatic carboxylic acids is 2. The molecule has 0 aliphatic carbocycles. The number of urea groups is 1. The largest absolute Gasteiger partial charge is 0.480 e. The first kappa shape index (κ1) is 16.2. The van der Waals surface area contributed by atoms with Gasteiger partial charge in [-0.15, -0.1) is 11.8 Å². The number of anilines is 1. The summed E-state index contributed by atoms with van der Waals surface area (Å²) in [5.74, 6) is -2.40. The molecule has 0 radical (unpaired) electrons. The molecule has 118 valence electrons. The van der Waals surface area contributed by atoms with Crippen LogP contribution in [0.5, 0.6) is 0 Å². The molecule has 0 aromatic heterocycles. The zero-order chi connectivity index (χ0) is 16.4. The normalized spacial score (nSPS) is 20.7. The second kappa shape index (κ2) is 6.27. The van der Waals surface area contributed by atoms with Crippen molar-refractivity contribution < 1.29 is 24.6 Å². The zero-order valence-electron chi connectivity index (χ0n) is 12.1. The minimum absolute atomic E-state index is 0.0481. The number of benzene rings is 1. The maximum atomic E-state index is 12.4. The molecule has 2 rings (SSSR count). The van der Waals surface area contributed by atoms with Gasteiger partial charge in [-0.25, -0.2) is 14.4 Å². The standard InChI is InChI=1S/C14H16N2O5S/c1-7-4-3-5-8(2)10(7)15-14(21)16-9(12(17)18)6-22-11(16)13(19)20/h3-5,9,11H,6H2,1-2H3,(H,15,21)(H,17,18)(H,19,20)/t9-,11+/m1/s1. The number of carboxylic acid groups (broad SMARTS) is 2. The molecule has 0 spiro atoms. The highest BCUT2D eigenvalue weighted by Gasteiger charge is 2.45. The van der Waals surface area contributed by atoms with Crippen LogP contribution in [0.15, 0.2) is 18.2 Å². The van der Waals surface area contributed by atoms with E-state index in [4.69, 9.17) is 0 Å². The maximum Gasteiger partial charge on any atom is 0.337 e. The molecule has 2 atom stereocenters. The van der Waals surface area contributed by atoms with Crippen LogP contribution in [-0.2, 0) is 9.59 Å². The van der Waals surface area contributed by atoms with Crippen molar-refractivity contribution in [1.29, 1.82) is 0 Å². The van der Waals surface area contributed by atoms with Gasteiger partial charge in [-0.1, -0.05) is 18.2 Å². The fraction of sp³-hybridized carbons (Fsp3) is 0.357. The Morgan fingerprint density at radius 2 is 1.77 bits per heavy atom. The second-order valence-electron chi connectivity index (χ2n) is 4.98. The van der Waals surface area contributed by atoms with Gasteiger partial charge in [0.05, 0.1) is 0 Å². The van der Waals surface area contributed by atoms with Crippen molar-refractivity contribution in [2.24, 2.45) is 0 Å². The van der Waals surface area contributed by atoms with E-state index in [9.17, 15) is 24.6 Å². The van der Waals surface area contributed by atoms with Gasteiger partial charge in [-0.05, 0) is 25.0 Å². The molecule has 2 amide bonds. The molecule has 1 heterocycles. The number of carbonyl (C=O) groups is 3. The smallest absolute Gasteiger partial charge is 0.337 e. The molecule has 1 aliphatic heterocycles. The van der Waals surface area contributed by atoms with Gasteiger partial charge >= 0.3 is 18.0 Å². The number of carboxylic acids is 2. The van der Waals surface area contributed by atoms with Crippen molar-refractivity contribution in [2.45, 2.75) is 25.3 Å². The number of nitrogens with zero attached hydrogens (tertiary/aromatic N) is 1. The molecular formula is C14H16N2O5S. The van der Waals surface area contributed by atoms with E-state index in [0.29, 0.717) is 5.69 Å². The van der Waals surface area contributed by atoms with Gasteiger partial charge < -0.3 is 15.5 Å². The Balaban J connectivity index is 2.28. The Labute approximate surface area is 131 Å². The molecule has 1 saturated heterocycles. The van der Waals surface area contributed by atoms with Crippen LogP contribution in [0.4, 0.5) is 10.5 Å². The zero-order valence-corrected chi connectivity index (χ0v) is 12.9. The van der Waals surface area contributed by atoms with E-state index in [2.05, 4.69) is 5.32 Å². The van der Waals surface area contributed by atoms with Gasteiger partial charge in [0.2, 0.25) is 0 Å². The number of rotatable bonds is 3. The molecule has 8 heteroatoms. The van der Waals surface area contributed by atoms with E-state index >= 15 is 0 Å². The second-order valence-corrected chi connectivity index (χ2v) is 6.10. The topological polar surface area (TPSA) is 107 Å². The van der Waals surface area contributed by atoms with Gasteiger partial charge in [0, 0.05) is 11.4 Å². The number of nitrogens with one attached hydrogen (secondary N) is 1. The molecule has 1 aromatic carbocycles. The van der Waals surface area contributed by atoms with Crippen molar-refractivity contribution in [2.75, 3.05) is 11.1 Å².